The molecular formula is C35H43NO6. The Morgan fingerprint density at radius 1 is 0.929 bits per heavy atom. The van der Waals surface area contributed by atoms with Gasteiger partial charge in [-0.2, -0.15) is 0 Å². The van der Waals surface area contributed by atoms with Crippen LogP contribution in [0.2, 0.25) is 0 Å². The van der Waals surface area contributed by atoms with Gasteiger partial charge in [0.2, 0.25) is 0 Å². The zero-order valence-electron chi connectivity index (χ0n) is 24.9. The van der Waals surface area contributed by atoms with Gasteiger partial charge in [0.1, 0.15) is 11.4 Å². The molecule has 2 N–H and O–H groups in total. The van der Waals surface area contributed by atoms with Crippen molar-refractivity contribution in [1.29, 1.82) is 0 Å². The Balaban J connectivity index is 1.46. The molecule has 7 nitrogen and oxygen atoms in total. The number of carboxylic acids is 1. The van der Waals surface area contributed by atoms with Crippen molar-refractivity contribution in [3.8, 4) is 16.9 Å². The summed E-state index contributed by atoms with van der Waals surface area (Å²) in [6, 6.07) is 23.2. The molecule has 1 amide bonds. The van der Waals surface area contributed by atoms with E-state index in [1.165, 1.54) is 6.42 Å². The van der Waals surface area contributed by atoms with E-state index in [-0.39, 0.29) is 19.1 Å². The Bertz CT molecular complexity index is 1310. The minimum absolute atomic E-state index is 0.0750. The third-order valence-electron chi connectivity index (χ3n) is 7.44. The number of carbonyl (C=O) groups is 2. The number of aliphatic hydroxyl groups excluding tert-OH is 1. The maximum Gasteiger partial charge on any atom is 0.410 e. The molecule has 7 heteroatoms. The molecule has 224 valence electrons. The summed E-state index contributed by atoms with van der Waals surface area (Å²) < 4.78 is 12.0. The maximum atomic E-state index is 13.0. The second-order valence-electron chi connectivity index (χ2n) is 12.1. The molecule has 1 aliphatic carbocycles. The van der Waals surface area contributed by atoms with E-state index in [1.54, 1.807) is 4.90 Å². The van der Waals surface area contributed by atoms with Crippen molar-refractivity contribution >= 4 is 12.1 Å². The van der Waals surface area contributed by atoms with E-state index in [0.29, 0.717) is 24.3 Å². The molecule has 4 rings (SSSR count). The molecule has 0 spiro atoms. The highest BCUT2D eigenvalue weighted by atomic mass is 16.6. The fraction of sp³-hybridized carbons (Fsp3) is 0.429. The summed E-state index contributed by atoms with van der Waals surface area (Å²) in [6.45, 7) is 6.00. The van der Waals surface area contributed by atoms with Crippen LogP contribution in [-0.2, 0) is 22.4 Å². The van der Waals surface area contributed by atoms with Crippen molar-refractivity contribution in [3.05, 3.63) is 89.5 Å². The van der Waals surface area contributed by atoms with Gasteiger partial charge in [0.05, 0.1) is 25.2 Å². The first-order chi connectivity index (χ1) is 20.1. The van der Waals surface area contributed by atoms with Gasteiger partial charge in [0, 0.05) is 12.1 Å². The molecule has 0 aliphatic heterocycles. The molecule has 0 unspecified atom stereocenters. The van der Waals surface area contributed by atoms with Crippen molar-refractivity contribution in [2.24, 2.45) is 0 Å². The number of carbonyl (C=O) groups excluding carboxylic acids is 1. The van der Waals surface area contributed by atoms with E-state index < -0.39 is 23.8 Å². The van der Waals surface area contributed by atoms with Crippen molar-refractivity contribution in [1.82, 2.24) is 4.90 Å². The first kappa shape index (κ1) is 31.1. The molecule has 1 saturated carbocycles. The van der Waals surface area contributed by atoms with Gasteiger partial charge in [-0.1, -0.05) is 73.2 Å². The smallest absolute Gasteiger partial charge is 0.410 e. The quantitative estimate of drug-likeness (QED) is 0.252. The Kier molecular flexibility index (Phi) is 10.6. The number of carboxylic acid groups (broad SMARTS) is 1. The lowest BCUT2D eigenvalue weighted by Crippen LogP contribution is -2.40. The average Bonchev–Trinajstić information content (AvgIpc) is 2.96. The summed E-state index contributed by atoms with van der Waals surface area (Å²) in [5.74, 6) is -0.229. The number of ether oxygens (including phenoxy) is 2. The summed E-state index contributed by atoms with van der Waals surface area (Å²) in [7, 11) is 0. The summed E-state index contributed by atoms with van der Waals surface area (Å²) in [4.78, 5) is 26.0. The van der Waals surface area contributed by atoms with Gasteiger partial charge >= 0.3 is 12.1 Å². The number of nitrogens with zero attached hydrogens (tertiary/aromatic N) is 1. The van der Waals surface area contributed by atoms with Crippen LogP contribution in [0.25, 0.3) is 11.1 Å². The first-order valence-corrected chi connectivity index (χ1v) is 14.9. The highest BCUT2D eigenvalue weighted by Crippen LogP contribution is 2.31. The van der Waals surface area contributed by atoms with Gasteiger partial charge in [-0.3, -0.25) is 4.79 Å². The van der Waals surface area contributed by atoms with E-state index in [2.05, 4.69) is 0 Å². The fourth-order valence-corrected chi connectivity index (χ4v) is 5.22. The maximum absolute atomic E-state index is 13.0. The van der Waals surface area contributed by atoms with Crippen LogP contribution in [0.5, 0.6) is 5.75 Å². The zero-order chi connectivity index (χ0) is 30.1. The predicted molar refractivity (Wildman–Crippen MR) is 164 cm³/mol. The van der Waals surface area contributed by atoms with Crippen LogP contribution in [0.3, 0.4) is 0 Å². The Morgan fingerprint density at radius 2 is 1.60 bits per heavy atom. The Hall–Kier alpha value is -3.84. The van der Waals surface area contributed by atoms with Crippen molar-refractivity contribution < 1.29 is 29.3 Å². The van der Waals surface area contributed by atoms with E-state index in [0.717, 1.165) is 47.9 Å². The zero-order valence-corrected chi connectivity index (χ0v) is 24.9. The summed E-state index contributed by atoms with van der Waals surface area (Å²) >= 11 is 0. The molecular weight excluding hydrogens is 530 g/mol. The standard InChI is InChI=1S/C35H43NO6/c1-35(2,3)42-34(40)36(24-31(37)27-10-6-4-7-11-27)21-20-25-14-16-26(17-15-25)28-18-19-29(23-33(38)39)32(22-28)41-30-12-8-5-9-13-30/h4,6-7,10-11,14-19,22,30-31,37H,5,8-9,12-13,20-21,23-24H2,1-3H3,(H,38,39)/t31-/m1/s1. The van der Waals surface area contributed by atoms with Crippen LogP contribution >= 0.6 is 0 Å². The highest BCUT2D eigenvalue weighted by Gasteiger charge is 2.25. The van der Waals surface area contributed by atoms with Crippen LogP contribution in [0.4, 0.5) is 4.79 Å². The second kappa shape index (κ2) is 14.4. The molecule has 0 radical (unpaired) electrons. The van der Waals surface area contributed by atoms with Crippen LogP contribution < -0.4 is 4.74 Å². The van der Waals surface area contributed by atoms with Crippen LogP contribution in [0.15, 0.2) is 72.8 Å². The SMILES string of the molecule is CC(C)(C)OC(=O)N(CCc1ccc(-c2ccc(CC(=O)O)c(OC3CCCCC3)c2)cc1)C[C@@H](O)c1ccccc1. The molecule has 1 aliphatic rings. The third kappa shape index (κ3) is 9.35. The fourth-order valence-electron chi connectivity index (χ4n) is 5.22. The predicted octanol–water partition coefficient (Wildman–Crippen LogP) is 7.21. The number of aliphatic hydroxyl groups is 1. The number of amides is 1. The lowest BCUT2D eigenvalue weighted by molar-refractivity contribution is -0.136. The van der Waals surface area contributed by atoms with E-state index in [1.807, 2.05) is 93.6 Å². The Labute approximate surface area is 249 Å². The molecule has 0 heterocycles. The number of hydrogen-bond acceptors (Lipinski definition) is 5. The van der Waals surface area contributed by atoms with Crippen molar-refractivity contribution in [2.75, 3.05) is 13.1 Å². The van der Waals surface area contributed by atoms with Gasteiger partial charge in [-0.25, -0.2) is 4.79 Å². The molecule has 3 aromatic rings. The van der Waals surface area contributed by atoms with Gasteiger partial charge in [0.15, 0.2) is 0 Å². The molecule has 3 aromatic carbocycles. The molecule has 0 saturated heterocycles. The number of rotatable bonds is 11. The Morgan fingerprint density at radius 3 is 2.24 bits per heavy atom. The van der Waals surface area contributed by atoms with Crippen molar-refractivity contribution in [3.63, 3.8) is 0 Å². The lowest BCUT2D eigenvalue weighted by Gasteiger charge is -2.29. The molecule has 0 aromatic heterocycles. The van der Waals surface area contributed by atoms with E-state index in [4.69, 9.17) is 9.47 Å². The molecule has 1 atom stereocenters. The second-order valence-corrected chi connectivity index (χ2v) is 12.1. The van der Waals surface area contributed by atoms with Crippen LogP contribution in [0.1, 0.15) is 75.7 Å². The lowest BCUT2D eigenvalue weighted by atomic mass is 9.97. The number of aliphatic carboxylic acids is 1. The third-order valence-corrected chi connectivity index (χ3v) is 7.44. The van der Waals surface area contributed by atoms with Gasteiger partial charge in [-0.05, 0) is 81.2 Å². The first-order valence-electron chi connectivity index (χ1n) is 14.9. The number of hydrogen-bond donors (Lipinski definition) is 2. The van der Waals surface area contributed by atoms with Crippen LogP contribution in [-0.4, -0.2) is 52.0 Å². The number of benzene rings is 3. The molecule has 0 bridgehead atoms. The van der Waals surface area contributed by atoms with Gasteiger partial charge in [0.25, 0.3) is 0 Å². The monoisotopic (exact) mass is 573 g/mol. The summed E-state index contributed by atoms with van der Waals surface area (Å²) in [6.07, 6.45) is 4.84. The average molecular weight is 574 g/mol. The summed E-state index contributed by atoms with van der Waals surface area (Å²) in [5.41, 5.74) is 3.79. The highest BCUT2D eigenvalue weighted by molar-refractivity contribution is 5.73. The van der Waals surface area contributed by atoms with E-state index in [9.17, 15) is 19.8 Å². The minimum Gasteiger partial charge on any atom is -0.490 e. The van der Waals surface area contributed by atoms with E-state index >= 15 is 0 Å². The normalized spacial score (nSPS) is 14.7. The summed E-state index contributed by atoms with van der Waals surface area (Å²) in [5, 5.41) is 20.2. The van der Waals surface area contributed by atoms with Gasteiger partial charge in [-0.15, -0.1) is 0 Å². The van der Waals surface area contributed by atoms with Crippen molar-refractivity contribution in [2.45, 2.75) is 83.5 Å². The van der Waals surface area contributed by atoms with Crippen LogP contribution in [0, 0.1) is 0 Å². The van der Waals surface area contributed by atoms with Gasteiger partial charge < -0.3 is 24.6 Å². The minimum atomic E-state index is -0.877. The largest absolute Gasteiger partial charge is 0.490 e. The molecule has 42 heavy (non-hydrogen) atoms. The topological polar surface area (TPSA) is 96.3 Å². The molecule has 1 fully saturated rings.